The number of amides is 2. The van der Waals surface area contributed by atoms with E-state index >= 15 is 0 Å². The molecule has 5 aromatic rings. The van der Waals surface area contributed by atoms with Crippen LogP contribution in [0, 0.1) is 5.92 Å². The minimum Gasteiger partial charge on any atom is -0.468 e. The Morgan fingerprint density at radius 3 is 2.34 bits per heavy atom. The lowest BCUT2D eigenvalue weighted by molar-refractivity contribution is -0.00841. The normalized spacial score (nSPS) is 13.3. The number of benzene rings is 5. The summed E-state index contributed by atoms with van der Waals surface area (Å²) >= 11 is 0. The van der Waals surface area contributed by atoms with Crippen LogP contribution in [0.2, 0.25) is 0 Å². The molecule has 1 aliphatic rings. The van der Waals surface area contributed by atoms with E-state index in [-0.39, 0.29) is 18.6 Å². The summed E-state index contributed by atoms with van der Waals surface area (Å²) < 4.78 is 16.0. The van der Waals surface area contributed by atoms with Crippen molar-refractivity contribution in [3.8, 4) is 16.9 Å². The highest BCUT2D eigenvalue weighted by molar-refractivity contribution is 5.99. The number of carbonyl (C=O) groups excluding carboxylic acids is 2. The summed E-state index contributed by atoms with van der Waals surface area (Å²) in [5.74, 6) is 1.44. The summed E-state index contributed by atoms with van der Waals surface area (Å²) in [5.41, 5.74) is 6.36. The van der Waals surface area contributed by atoms with Gasteiger partial charge in [0.1, 0.15) is 5.75 Å². The number of carbonyl (C=O) groups is 2. The second kappa shape index (κ2) is 16.5. The van der Waals surface area contributed by atoms with Crippen LogP contribution in [-0.2, 0) is 16.0 Å². The average Bonchev–Trinajstić information content (AvgIpc) is 3.14. The topological polar surface area (TPSA) is 80.3 Å². The van der Waals surface area contributed by atoms with Crippen LogP contribution in [0.4, 0.5) is 11.4 Å². The number of methoxy groups -OCH3 is 1. The SMILES string of the molecule is COCCOCOc1ccc2cc(C(=O)N(C)Cc3cccc(-c4ccc(Nc5cccc(C(=O)N6CCC(C)CC6)c5)cc4)c3)ccc2c1. The highest BCUT2D eigenvalue weighted by Gasteiger charge is 2.21. The van der Waals surface area contributed by atoms with Crippen molar-refractivity contribution in [2.24, 2.45) is 5.92 Å². The number of piperidine rings is 1. The lowest BCUT2D eigenvalue weighted by Gasteiger charge is -2.30. The molecule has 0 saturated carbocycles. The summed E-state index contributed by atoms with van der Waals surface area (Å²) in [5, 5.41) is 5.40. The minimum absolute atomic E-state index is 0.0455. The van der Waals surface area contributed by atoms with Crippen molar-refractivity contribution in [1.29, 1.82) is 0 Å². The first-order valence-electron chi connectivity index (χ1n) is 17.2. The summed E-state index contributed by atoms with van der Waals surface area (Å²) in [6.45, 7) is 5.51. The Kier molecular flexibility index (Phi) is 11.4. The first-order valence-corrected chi connectivity index (χ1v) is 17.2. The highest BCUT2D eigenvalue weighted by Crippen LogP contribution is 2.27. The van der Waals surface area contributed by atoms with Gasteiger partial charge in [-0.05, 0) is 107 Å². The smallest absolute Gasteiger partial charge is 0.253 e. The molecule has 1 saturated heterocycles. The van der Waals surface area contributed by atoms with Gasteiger partial charge in [-0.25, -0.2) is 0 Å². The third-order valence-corrected chi connectivity index (χ3v) is 9.18. The van der Waals surface area contributed by atoms with E-state index in [9.17, 15) is 9.59 Å². The zero-order chi connectivity index (χ0) is 34.9. The van der Waals surface area contributed by atoms with Gasteiger partial charge in [-0.1, -0.05) is 55.5 Å². The number of hydrogen-bond acceptors (Lipinski definition) is 6. The molecule has 1 heterocycles. The highest BCUT2D eigenvalue weighted by atomic mass is 16.7. The monoisotopic (exact) mass is 671 g/mol. The largest absolute Gasteiger partial charge is 0.468 e. The number of likely N-dealkylation sites (tertiary alicyclic amines) is 1. The van der Waals surface area contributed by atoms with Gasteiger partial charge in [-0.3, -0.25) is 9.59 Å². The van der Waals surface area contributed by atoms with Crippen molar-refractivity contribution in [1.82, 2.24) is 9.80 Å². The number of nitrogens with one attached hydrogen (secondary N) is 1. The Morgan fingerprint density at radius 1 is 0.780 bits per heavy atom. The molecule has 0 radical (unpaired) electrons. The predicted octanol–water partition coefficient (Wildman–Crippen LogP) is 8.39. The van der Waals surface area contributed by atoms with Crippen LogP contribution in [0.5, 0.6) is 5.75 Å². The predicted molar refractivity (Wildman–Crippen MR) is 199 cm³/mol. The number of anilines is 2. The van der Waals surface area contributed by atoms with Crippen LogP contribution < -0.4 is 10.1 Å². The number of ether oxygens (including phenoxy) is 3. The van der Waals surface area contributed by atoms with E-state index in [4.69, 9.17) is 14.2 Å². The van der Waals surface area contributed by atoms with E-state index in [0.717, 1.165) is 64.8 Å². The maximum absolute atomic E-state index is 13.4. The van der Waals surface area contributed by atoms with E-state index in [2.05, 4.69) is 36.5 Å². The Balaban J connectivity index is 1.05. The van der Waals surface area contributed by atoms with E-state index in [0.29, 0.717) is 42.6 Å². The maximum Gasteiger partial charge on any atom is 0.253 e. The van der Waals surface area contributed by atoms with Crippen LogP contribution in [0.3, 0.4) is 0 Å². The maximum atomic E-state index is 13.4. The summed E-state index contributed by atoms with van der Waals surface area (Å²) in [7, 11) is 3.46. The van der Waals surface area contributed by atoms with Crippen LogP contribution in [0.15, 0.2) is 109 Å². The molecular formula is C42H45N3O5. The van der Waals surface area contributed by atoms with Gasteiger partial charge < -0.3 is 29.3 Å². The first-order chi connectivity index (χ1) is 24.4. The molecule has 0 aromatic heterocycles. The Labute approximate surface area is 294 Å². The Morgan fingerprint density at radius 2 is 1.54 bits per heavy atom. The molecule has 2 amide bonds. The van der Waals surface area contributed by atoms with E-state index in [1.807, 2.05) is 96.9 Å². The summed E-state index contributed by atoms with van der Waals surface area (Å²) in [4.78, 5) is 30.2. The molecule has 6 rings (SSSR count). The van der Waals surface area contributed by atoms with Crippen molar-refractivity contribution >= 4 is 34.0 Å². The quantitative estimate of drug-likeness (QED) is 0.100. The van der Waals surface area contributed by atoms with Crippen LogP contribution in [-0.4, -0.2) is 68.9 Å². The second-order valence-electron chi connectivity index (χ2n) is 13.0. The molecule has 258 valence electrons. The van der Waals surface area contributed by atoms with Crippen LogP contribution >= 0.6 is 0 Å². The number of nitrogens with zero attached hydrogens (tertiary/aromatic N) is 2. The zero-order valence-corrected chi connectivity index (χ0v) is 29.1. The fourth-order valence-electron chi connectivity index (χ4n) is 6.21. The zero-order valence-electron chi connectivity index (χ0n) is 29.1. The van der Waals surface area contributed by atoms with Gasteiger partial charge in [-0.15, -0.1) is 0 Å². The van der Waals surface area contributed by atoms with Crippen LogP contribution in [0.25, 0.3) is 21.9 Å². The molecule has 0 bridgehead atoms. The van der Waals surface area contributed by atoms with Crippen molar-refractivity contribution in [2.45, 2.75) is 26.3 Å². The molecule has 0 unspecified atom stereocenters. The van der Waals surface area contributed by atoms with Gasteiger partial charge in [-0.2, -0.15) is 0 Å². The molecule has 0 aliphatic carbocycles. The lowest BCUT2D eigenvalue weighted by atomic mass is 9.98. The first kappa shape index (κ1) is 34.7. The van der Waals surface area contributed by atoms with Gasteiger partial charge in [0.25, 0.3) is 11.8 Å². The average molecular weight is 672 g/mol. The molecule has 50 heavy (non-hydrogen) atoms. The molecule has 8 nitrogen and oxygen atoms in total. The lowest BCUT2D eigenvalue weighted by Crippen LogP contribution is -2.37. The van der Waals surface area contributed by atoms with Gasteiger partial charge >= 0.3 is 0 Å². The molecule has 5 aromatic carbocycles. The fraction of sp³-hybridized carbons (Fsp3) is 0.286. The number of hydrogen-bond donors (Lipinski definition) is 1. The van der Waals surface area contributed by atoms with Crippen molar-refractivity contribution < 1.29 is 23.8 Å². The second-order valence-corrected chi connectivity index (χ2v) is 13.0. The van der Waals surface area contributed by atoms with E-state index in [1.165, 1.54) is 0 Å². The van der Waals surface area contributed by atoms with Crippen molar-refractivity contribution in [3.63, 3.8) is 0 Å². The van der Waals surface area contributed by atoms with Gasteiger partial charge in [0.15, 0.2) is 6.79 Å². The van der Waals surface area contributed by atoms with E-state index in [1.54, 1.807) is 12.0 Å². The van der Waals surface area contributed by atoms with Crippen molar-refractivity contribution in [3.05, 3.63) is 126 Å². The Bertz CT molecular complexity index is 1920. The number of rotatable bonds is 13. The molecule has 1 fully saturated rings. The summed E-state index contributed by atoms with van der Waals surface area (Å²) in [6, 6.07) is 35.8. The third-order valence-electron chi connectivity index (χ3n) is 9.18. The standard InChI is InChI=1S/C42H45N3O5/c1-30-18-20-45(21-19-30)42(47)36-8-5-9-39(26-36)43-38-15-12-32(13-16-38)33-7-4-6-31(24-33)28-44(2)41(46)37-11-10-35-27-40(17-14-34(35)25-37)50-29-49-23-22-48-3/h4-17,24-27,30,43H,18-23,28-29H2,1-3H3. The molecule has 0 spiro atoms. The molecule has 0 atom stereocenters. The molecule has 1 N–H and O–H groups in total. The number of fused-ring (bicyclic) bond motifs is 1. The molecule has 8 heteroatoms. The van der Waals surface area contributed by atoms with Gasteiger partial charge in [0, 0.05) is 56.3 Å². The molecular weight excluding hydrogens is 626 g/mol. The van der Waals surface area contributed by atoms with Crippen LogP contribution in [0.1, 0.15) is 46.0 Å². The van der Waals surface area contributed by atoms with Gasteiger partial charge in [0.05, 0.1) is 13.2 Å². The van der Waals surface area contributed by atoms with Crippen molar-refractivity contribution in [2.75, 3.05) is 52.6 Å². The third kappa shape index (κ3) is 8.88. The fourth-order valence-corrected chi connectivity index (χ4v) is 6.21. The molecule has 1 aliphatic heterocycles. The summed E-state index contributed by atoms with van der Waals surface area (Å²) in [6.07, 6.45) is 2.12. The minimum atomic E-state index is -0.0455. The van der Waals surface area contributed by atoms with Gasteiger partial charge in [0.2, 0.25) is 0 Å². The van der Waals surface area contributed by atoms with E-state index < -0.39 is 0 Å². The Hall–Kier alpha value is -5.18.